The highest BCUT2D eigenvalue weighted by molar-refractivity contribution is 7.99. The number of nitrogens with zero attached hydrogens (tertiary/aromatic N) is 2. The van der Waals surface area contributed by atoms with Crippen molar-refractivity contribution in [3.63, 3.8) is 0 Å². The van der Waals surface area contributed by atoms with Crippen molar-refractivity contribution >= 4 is 41.7 Å². The molecule has 0 aliphatic heterocycles. The summed E-state index contributed by atoms with van der Waals surface area (Å²) in [4.78, 5) is 14.0. The van der Waals surface area contributed by atoms with E-state index in [0.717, 1.165) is 32.3 Å². The molecule has 31 heavy (non-hydrogen) atoms. The number of pyridine rings is 1. The first-order chi connectivity index (χ1) is 15.1. The Morgan fingerprint density at radius 1 is 1.26 bits per heavy atom. The number of ether oxygens (including phenoxy) is 2. The highest BCUT2D eigenvalue weighted by Gasteiger charge is 2.12. The van der Waals surface area contributed by atoms with Crippen LogP contribution in [0.1, 0.15) is 12.6 Å². The summed E-state index contributed by atoms with van der Waals surface area (Å²) in [5.41, 5.74) is 0.302. The van der Waals surface area contributed by atoms with E-state index in [4.69, 9.17) is 19.3 Å². The fourth-order valence-electron chi connectivity index (χ4n) is 2.53. The smallest absolute Gasteiger partial charge is 0.243 e. The molecule has 1 atom stereocenters. The van der Waals surface area contributed by atoms with Crippen molar-refractivity contribution < 1.29 is 18.9 Å². The second kappa shape index (κ2) is 12.1. The van der Waals surface area contributed by atoms with Gasteiger partial charge in [0.2, 0.25) is 8.38 Å². The molecule has 0 saturated heterocycles. The van der Waals surface area contributed by atoms with Crippen LogP contribution in [-0.4, -0.2) is 43.0 Å². The number of hydrogen-bond acceptors (Lipinski definition) is 10. The van der Waals surface area contributed by atoms with Crippen LogP contribution in [0.4, 0.5) is 0 Å². The van der Waals surface area contributed by atoms with E-state index in [1.807, 2.05) is 32.2 Å². The van der Waals surface area contributed by atoms with Crippen LogP contribution in [0.25, 0.3) is 10.1 Å². The first-order valence-electron chi connectivity index (χ1n) is 9.51. The van der Waals surface area contributed by atoms with Gasteiger partial charge in [0.1, 0.15) is 24.1 Å². The van der Waals surface area contributed by atoms with Crippen LogP contribution in [0.3, 0.4) is 0 Å². The molecule has 0 aliphatic carbocycles. The lowest BCUT2D eigenvalue weighted by Crippen LogP contribution is -2.16. The molecule has 1 aromatic carbocycles. The second-order valence-electron chi connectivity index (χ2n) is 6.13. The van der Waals surface area contributed by atoms with E-state index < -0.39 is 8.38 Å². The van der Waals surface area contributed by atoms with Gasteiger partial charge in [-0.05, 0) is 55.6 Å². The molecule has 1 unspecified atom stereocenters. The molecule has 3 rings (SSSR count). The predicted molar refractivity (Wildman–Crippen MR) is 125 cm³/mol. The van der Waals surface area contributed by atoms with E-state index in [9.17, 15) is 4.89 Å². The Morgan fingerprint density at radius 3 is 2.81 bits per heavy atom. The van der Waals surface area contributed by atoms with Gasteiger partial charge in [-0.3, -0.25) is 0 Å². The van der Waals surface area contributed by atoms with E-state index in [0.29, 0.717) is 24.7 Å². The third-order valence-corrected chi connectivity index (χ3v) is 6.97. The number of likely N-dealkylation sites (N-methyl/N-ethyl adjacent to an activating group) is 1. The third-order valence-electron chi connectivity index (χ3n) is 3.90. The zero-order valence-electron chi connectivity index (χ0n) is 17.1. The predicted octanol–water partition coefficient (Wildman–Crippen LogP) is 4.10. The van der Waals surface area contributed by atoms with Crippen LogP contribution >= 0.6 is 31.7 Å². The second-order valence-corrected chi connectivity index (χ2v) is 9.60. The molecular weight excluding hydrogens is 455 g/mol. The molecule has 3 aromatic rings. The zero-order valence-corrected chi connectivity index (χ0v) is 19.7. The average molecular weight is 479 g/mol. The molecule has 0 bridgehead atoms. The summed E-state index contributed by atoms with van der Waals surface area (Å²) in [6, 6.07) is 11.2. The van der Waals surface area contributed by atoms with Crippen molar-refractivity contribution in [1.29, 1.82) is 5.26 Å². The SMILES string of the molecule is CCOc1cc2cc(SNCP(O)Oc3ccc(C#N)nc3)sc2cc1OCCNC. The molecule has 2 aromatic heterocycles. The molecule has 8 nitrogen and oxygen atoms in total. The van der Waals surface area contributed by atoms with Crippen molar-refractivity contribution in [3.05, 3.63) is 42.2 Å². The highest BCUT2D eigenvalue weighted by atomic mass is 32.2. The summed E-state index contributed by atoms with van der Waals surface area (Å²) in [6.07, 6.45) is 1.70. The van der Waals surface area contributed by atoms with Gasteiger partial charge in [-0.2, -0.15) is 5.26 Å². The molecule has 0 amide bonds. The summed E-state index contributed by atoms with van der Waals surface area (Å²) >= 11 is 3.06. The average Bonchev–Trinajstić information content (AvgIpc) is 3.16. The maximum absolute atomic E-state index is 10.1. The van der Waals surface area contributed by atoms with Gasteiger partial charge >= 0.3 is 0 Å². The van der Waals surface area contributed by atoms with Crippen LogP contribution in [0.2, 0.25) is 0 Å². The van der Waals surface area contributed by atoms with Crippen LogP contribution in [0, 0.1) is 11.3 Å². The van der Waals surface area contributed by atoms with Gasteiger partial charge in [-0.15, -0.1) is 11.3 Å². The first-order valence-corrected chi connectivity index (χ1v) is 12.5. The number of aromatic nitrogens is 1. The van der Waals surface area contributed by atoms with Gasteiger partial charge in [0.15, 0.2) is 11.5 Å². The highest BCUT2D eigenvalue weighted by Crippen LogP contribution is 2.40. The fourth-order valence-corrected chi connectivity index (χ4v) is 5.39. The van der Waals surface area contributed by atoms with E-state index in [2.05, 4.69) is 21.1 Å². The third kappa shape index (κ3) is 6.94. The summed E-state index contributed by atoms with van der Waals surface area (Å²) in [6.45, 7) is 3.83. The van der Waals surface area contributed by atoms with Crippen LogP contribution in [0.15, 0.2) is 40.7 Å². The molecule has 0 saturated carbocycles. The molecule has 11 heteroatoms. The Bertz CT molecular complexity index is 1030. The lowest BCUT2D eigenvalue weighted by Gasteiger charge is -2.12. The summed E-state index contributed by atoms with van der Waals surface area (Å²) < 4.78 is 22.3. The standard InChI is InChI=1S/C20H23N4O4PS2/c1-3-26-17-8-14-9-20(30-19(14)10-18(17)27-7-6-22-2)31-24-13-29(25)28-16-5-4-15(11-21)23-12-16/h4-5,8-10,12,22,24-25H,3,6-7,13H2,1-2H3. The Balaban J connectivity index is 1.57. The number of thiophene rings is 1. The van der Waals surface area contributed by atoms with Crippen LogP contribution in [0.5, 0.6) is 17.2 Å². The number of rotatable bonds is 12. The zero-order chi connectivity index (χ0) is 22.1. The minimum atomic E-state index is -1.71. The maximum atomic E-state index is 10.1. The number of nitriles is 1. The fraction of sp³-hybridized carbons (Fsp3) is 0.300. The lowest BCUT2D eigenvalue weighted by atomic mass is 10.2. The Hall–Kier alpha value is -2.12. The van der Waals surface area contributed by atoms with Gasteiger partial charge in [-0.1, -0.05) is 0 Å². The molecule has 3 N–H and O–H groups in total. The van der Waals surface area contributed by atoms with Crippen molar-refractivity contribution in [2.45, 2.75) is 11.1 Å². The molecule has 2 heterocycles. The van der Waals surface area contributed by atoms with E-state index in [-0.39, 0.29) is 6.29 Å². The van der Waals surface area contributed by atoms with Gasteiger partial charge in [0.25, 0.3) is 0 Å². The van der Waals surface area contributed by atoms with Crippen molar-refractivity contribution in [1.82, 2.24) is 15.0 Å². The molecular formula is C20H23N4O4PS2. The van der Waals surface area contributed by atoms with Crippen molar-refractivity contribution in [3.8, 4) is 23.3 Å². The Labute approximate surface area is 190 Å². The quantitative estimate of drug-likeness (QED) is 0.201. The topological polar surface area (TPSA) is 109 Å². The molecule has 0 fully saturated rings. The first kappa shape index (κ1) is 23.5. The maximum Gasteiger partial charge on any atom is 0.243 e. The van der Waals surface area contributed by atoms with Gasteiger partial charge in [0, 0.05) is 17.3 Å². The molecule has 0 radical (unpaired) electrons. The Kier molecular flexibility index (Phi) is 9.15. The van der Waals surface area contributed by atoms with E-state index in [1.54, 1.807) is 23.5 Å². The monoisotopic (exact) mass is 478 g/mol. The van der Waals surface area contributed by atoms with E-state index >= 15 is 0 Å². The number of benzene rings is 1. The minimum Gasteiger partial charge on any atom is -0.490 e. The Morgan fingerprint density at radius 2 is 2.10 bits per heavy atom. The largest absolute Gasteiger partial charge is 0.490 e. The van der Waals surface area contributed by atoms with Gasteiger partial charge in [0.05, 0.1) is 23.3 Å². The molecule has 0 aliphatic rings. The summed E-state index contributed by atoms with van der Waals surface area (Å²) in [7, 11) is 0.174. The molecule has 164 valence electrons. The normalized spacial score (nSPS) is 11.8. The number of nitrogens with one attached hydrogen (secondary N) is 2. The lowest BCUT2D eigenvalue weighted by molar-refractivity contribution is 0.278. The van der Waals surface area contributed by atoms with E-state index in [1.165, 1.54) is 18.1 Å². The summed E-state index contributed by atoms with van der Waals surface area (Å²) in [5, 5.41) is 12.9. The summed E-state index contributed by atoms with van der Waals surface area (Å²) in [5.74, 6) is 1.89. The van der Waals surface area contributed by atoms with Crippen LogP contribution in [-0.2, 0) is 0 Å². The van der Waals surface area contributed by atoms with Crippen LogP contribution < -0.4 is 24.0 Å². The number of hydrogen-bond donors (Lipinski definition) is 3. The van der Waals surface area contributed by atoms with Crippen molar-refractivity contribution in [2.75, 3.05) is 33.1 Å². The van der Waals surface area contributed by atoms with Crippen molar-refractivity contribution in [2.24, 2.45) is 0 Å². The van der Waals surface area contributed by atoms with Gasteiger partial charge in [-0.25, -0.2) is 9.71 Å². The molecule has 0 spiro atoms. The minimum absolute atomic E-state index is 0.275. The van der Waals surface area contributed by atoms with Gasteiger partial charge < -0.3 is 24.2 Å². The number of fused-ring (bicyclic) bond motifs is 1.